The van der Waals surface area contributed by atoms with Crippen LogP contribution in [-0.4, -0.2) is 88.0 Å². The van der Waals surface area contributed by atoms with Crippen molar-refractivity contribution in [1.82, 2.24) is 15.1 Å². The SMILES string of the molecule is CC(C)(C)C1=NC(C(F)(F)F)C2=C(CN(C(=O)CC3CC=[N+]([O-])C4C(F)CCC(O)N4C3)CC2)N1. The van der Waals surface area contributed by atoms with Crippen molar-refractivity contribution in [2.24, 2.45) is 16.3 Å². The first-order valence-corrected chi connectivity index (χ1v) is 12.0. The van der Waals surface area contributed by atoms with Crippen LogP contribution in [0.15, 0.2) is 16.3 Å². The number of aliphatic imine (C=N–C) groups is 1. The molecule has 0 aromatic carbocycles. The summed E-state index contributed by atoms with van der Waals surface area (Å²) in [5.41, 5.74) is -0.112. The highest BCUT2D eigenvalue weighted by atomic mass is 19.4. The Balaban J connectivity index is 1.47. The lowest BCUT2D eigenvalue weighted by atomic mass is 9.89. The third kappa shape index (κ3) is 5.32. The minimum atomic E-state index is -4.52. The van der Waals surface area contributed by atoms with Crippen molar-refractivity contribution < 1.29 is 32.2 Å². The highest BCUT2D eigenvalue weighted by Crippen LogP contribution is 2.37. The Hall–Kier alpha value is -2.21. The van der Waals surface area contributed by atoms with Gasteiger partial charge in [-0.05, 0) is 30.8 Å². The average molecular weight is 504 g/mol. The summed E-state index contributed by atoms with van der Waals surface area (Å²) in [7, 11) is 0. The van der Waals surface area contributed by atoms with Crippen molar-refractivity contribution in [2.75, 3.05) is 19.6 Å². The van der Waals surface area contributed by atoms with Crippen molar-refractivity contribution in [3.63, 3.8) is 0 Å². The Labute approximate surface area is 201 Å². The summed E-state index contributed by atoms with van der Waals surface area (Å²) in [6.07, 6.45) is -6.01. The van der Waals surface area contributed by atoms with Gasteiger partial charge in [0.15, 0.2) is 18.4 Å². The first-order chi connectivity index (χ1) is 16.3. The summed E-state index contributed by atoms with van der Waals surface area (Å²) in [4.78, 5) is 20.1. The maximum atomic E-state index is 14.4. The molecule has 0 radical (unpaired) electrons. The second-order valence-electron chi connectivity index (χ2n) is 10.9. The van der Waals surface area contributed by atoms with Crippen molar-refractivity contribution in [3.05, 3.63) is 16.5 Å². The van der Waals surface area contributed by atoms with E-state index >= 15 is 0 Å². The number of fused-ring (bicyclic) bond motifs is 1. The molecule has 0 aliphatic carbocycles. The quantitative estimate of drug-likeness (QED) is 0.343. The molecule has 8 nitrogen and oxygen atoms in total. The van der Waals surface area contributed by atoms with Gasteiger partial charge in [-0.15, -0.1) is 0 Å². The number of alkyl halides is 4. The van der Waals surface area contributed by atoms with E-state index in [1.165, 1.54) is 16.0 Å². The number of amides is 1. The van der Waals surface area contributed by atoms with Crippen LogP contribution < -0.4 is 5.32 Å². The van der Waals surface area contributed by atoms with E-state index in [0.29, 0.717) is 10.4 Å². The molecule has 0 saturated carbocycles. The van der Waals surface area contributed by atoms with E-state index in [4.69, 9.17) is 0 Å². The number of halogens is 4. The van der Waals surface area contributed by atoms with Gasteiger partial charge in [-0.1, -0.05) is 20.8 Å². The number of aliphatic hydroxyl groups is 1. The van der Waals surface area contributed by atoms with Crippen molar-refractivity contribution in [3.8, 4) is 0 Å². The zero-order valence-electron chi connectivity index (χ0n) is 20.2. The van der Waals surface area contributed by atoms with Gasteiger partial charge in [0, 0.05) is 37.0 Å². The molecule has 4 heterocycles. The minimum absolute atomic E-state index is 0.0154. The largest absolute Gasteiger partial charge is 0.623 e. The normalized spacial score (nSPS) is 32.7. The predicted octanol–water partition coefficient (Wildman–Crippen LogP) is 2.52. The number of carbonyl (C=O) groups excluding carboxylic acids is 1. The fourth-order valence-corrected chi connectivity index (χ4v) is 5.25. The Morgan fingerprint density at radius 3 is 2.69 bits per heavy atom. The van der Waals surface area contributed by atoms with Crippen molar-refractivity contribution in [2.45, 2.75) is 83.7 Å². The number of aliphatic hydroxyl groups excluding tert-OH is 1. The highest BCUT2D eigenvalue weighted by Gasteiger charge is 2.48. The standard InChI is InChI=1S/C23H33F4N5O3/c1-22(2,3)21-28-16-12-30(8-7-14(16)19(29-21)23(25,26)27)18(34)10-13-6-9-32(35)20-15(24)4-5-17(33)31(20)11-13/h9,13,15,17,19-20,33H,4-8,10-12H2,1-3H3,(H,28,29). The molecule has 0 bridgehead atoms. The number of rotatable bonds is 2. The van der Waals surface area contributed by atoms with Gasteiger partial charge < -0.3 is 20.5 Å². The Morgan fingerprint density at radius 2 is 2.03 bits per heavy atom. The monoisotopic (exact) mass is 503 g/mol. The zero-order chi connectivity index (χ0) is 25.7. The predicted molar refractivity (Wildman–Crippen MR) is 121 cm³/mol. The third-order valence-electron chi connectivity index (χ3n) is 7.18. The number of hydrogen-bond acceptors (Lipinski definition) is 6. The second kappa shape index (κ2) is 9.34. The summed E-state index contributed by atoms with van der Waals surface area (Å²) in [5.74, 6) is -0.347. The molecule has 4 aliphatic rings. The van der Waals surface area contributed by atoms with Gasteiger partial charge in [0.1, 0.15) is 12.1 Å². The number of amidine groups is 1. The van der Waals surface area contributed by atoms with Gasteiger partial charge in [0.2, 0.25) is 5.91 Å². The molecule has 1 saturated heterocycles. The molecule has 0 spiro atoms. The molecule has 2 N–H and O–H groups in total. The van der Waals surface area contributed by atoms with Crippen LogP contribution in [0, 0.1) is 16.5 Å². The van der Waals surface area contributed by atoms with Crippen LogP contribution in [0.3, 0.4) is 0 Å². The van der Waals surface area contributed by atoms with E-state index in [1.807, 2.05) is 0 Å². The van der Waals surface area contributed by atoms with E-state index in [2.05, 4.69) is 10.3 Å². The van der Waals surface area contributed by atoms with Crippen LogP contribution in [0.25, 0.3) is 0 Å². The van der Waals surface area contributed by atoms with Gasteiger partial charge >= 0.3 is 6.18 Å². The van der Waals surface area contributed by atoms with Crippen molar-refractivity contribution >= 4 is 18.0 Å². The van der Waals surface area contributed by atoms with Gasteiger partial charge in [0.25, 0.3) is 6.17 Å². The molecule has 1 fully saturated rings. The van der Waals surface area contributed by atoms with E-state index in [0.717, 1.165) is 0 Å². The fourth-order valence-electron chi connectivity index (χ4n) is 5.25. The Morgan fingerprint density at radius 1 is 1.31 bits per heavy atom. The fraction of sp³-hybridized carbons (Fsp3) is 0.783. The van der Waals surface area contributed by atoms with Crippen LogP contribution in [0.1, 0.15) is 52.9 Å². The maximum Gasteiger partial charge on any atom is 0.414 e. The lowest BCUT2D eigenvalue weighted by Gasteiger charge is -2.40. The Kier molecular flexibility index (Phi) is 6.91. The number of hydrogen-bond donors (Lipinski definition) is 2. The summed E-state index contributed by atoms with van der Waals surface area (Å²) >= 11 is 0. The molecule has 4 aliphatic heterocycles. The van der Waals surface area contributed by atoms with Gasteiger partial charge in [-0.3, -0.25) is 9.79 Å². The molecular formula is C23H33F4N5O3. The van der Waals surface area contributed by atoms with Gasteiger partial charge in [-0.2, -0.15) is 17.9 Å². The second-order valence-corrected chi connectivity index (χ2v) is 10.9. The van der Waals surface area contributed by atoms with Crippen LogP contribution in [-0.2, 0) is 4.79 Å². The zero-order valence-corrected chi connectivity index (χ0v) is 20.2. The minimum Gasteiger partial charge on any atom is -0.623 e. The third-order valence-corrected chi connectivity index (χ3v) is 7.18. The van der Waals surface area contributed by atoms with E-state index < -0.39 is 36.2 Å². The summed E-state index contributed by atoms with van der Waals surface area (Å²) < 4.78 is 56.2. The molecule has 4 rings (SSSR count). The number of carbonyl (C=O) groups is 1. The number of hydroxylamine groups is 1. The smallest absolute Gasteiger partial charge is 0.414 e. The summed E-state index contributed by atoms with van der Waals surface area (Å²) in [6, 6.07) is -1.92. The average Bonchev–Trinajstić information content (AvgIpc) is 2.93. The number of nitrogens with one attached hydrogen (secondary N) is 1. The first kappa shape index (κ1) is 25.9. The molecule has 12 heteroatoms. The number of nitrogens with zero attached hydrogens (tertiary/aromatic N) is 4. The van der Waals surface area contributed by atoms with E-state index in [1.54, 1.807) is 20.8 Å². The molecule has 0 aromatic heterocycles. The summed E-state index contributed by atoms with van der Waals surface area (Å²) in [6.45, 7) is 5.66. The molecule has 35 heavy (non-hydrogen) atoms. The highest BCUT2D eigenvalue weighted by molar-refractivity contribution is 5.90. The molecule has 1 amide bonds. The van der Waals surface area contributed by atoms with Gasteiger partial charge in [0.05, 0.1) is 6.54 Å². The van der Waals surface area contributed by atoms with Crippen molar-refractivity contribution in [1.29, 1.82) is 0 Å². The van der Waals surface area contributed by atoms with E-state index in [9.17, 15) is 32.7 Å². The molecule has 5 unspecified atom stereocenters. The number of piperidine rings is 1. The first-order valence-electron chi connectivity index (χ1n) is 12.0. The van der Waals surface area contributed by atoms with Crippen LogP contribution in [0.2, 0.25) is 0 Å². The molecule has 5 atom stereocenters. The molecule has 196 valence electrons. The lowest BCUT2D eigenvalue weighted by molar-refractivity contribution is -0.546. The van der Waals surface area contributed by atoms with Gasteiger partial charge in [-0.25, -0.2) is 9.29 Å². The van der Waals surface area contributed by atoms with E-state index in [-0.39, 0.29) is 75.0 Å². The Bertz CT molecular complexity index is 942. The molecule has 0 aromatic rings. The van der Waals surface area contributed by atoms with Crippen LogP contribution in [0.5, 0.6) is 0 Å². The van der Waals surface area contributed by atoms with Crippen LogP contribution in [0.4, 0.5) is 17.6 Å². The van der Waals surface area contributed by atoms with Crippen LogP contribution >= 0.6 is 0 Å². The maximum absolute atomic E-state index is 14.4. The topological polar surface area (TPSA) is 94.2 Å². The lowest BCUT2D eigenvalue weighted by Crippen LogP contribution is -2.56. The summed E-state index contributed by atoms with van der Waals surface area (Å²) in [5, 5.41) is 25.8. The molecular weight excluding hydrogens is 470 g/mol.